The Morgan fingerprint density at radius 3 is 0.904 bits per heavy atom. The smallest absolute Gasteiger partial charge is 0.0541 e. The van der Waals surface area contributed by atoms with Gasteiger partial charge < -0.3 is 9.13 Å². The molecule has 0 aliphatic rings. The molecule has 8 aromatic carbocycles. The largest absolute Gasteiger partial charge is 0.309 e. The summed E-state index contributed by atoms with van der Waals surface area (Å²) in [6.07, 6.45) is 4.50. The zero-order chi connectivity index (χ0) is 34.4. The summed E-state index contributed by atoms with van der Waals surface area (Å²) < 4.78 is 4.74. The molecule has 0 aliphatic heterocycles. The first-order valence-electron chi connectivity index (χ1n) is 17.9. The molecule has 2 heteroatoms. The molecule has 0 N–H and O–H groups in total. The third-order valence-corrected chi connectivity index (χ3v) is 10.4. The van der Waals surface area contributed by atoms with E-state index in [1.165, 1.54) is 77.0 Å². The molecule has 0 saturated carbocycles. The van der Waals surface area contributed by atoms with Crippen LogP contribution in [0.5, 0.6) is 0 Å². The van der Waals surface area contributed by atoms with E-state index in [2.05, 4.69) is 215 Å². The zero-order valence-corrected chi connectivity index (χ0v) is 28.5. The quantitative estimate of drug-likeness (QED) is 0.157. The number of rotatable bonds is 6. The standard InChI is InChI=1S/C50H34N2/c1-3-15-41(37-27-31-39(32-28-37)51-47-21-9-5-17-43(47)44-18-6-10-22-48(44)51)35(13-1)25-26-36-14-2-4-16-42(36)38-29-33-40(34-30-38)52-49-23-11-7-19-45(49)46-20-8-12-24-50(46)52/h1-34H/b26-25+. The first kappa shape index (κ1) is 30.0. The summed E-state index contributed by atoms with van der Waals surface area (Å²) in [6, 6.07) is 69.9. The second kappa shape index (κ2) is 12.5. The molecule has 2 aromatic heterocycles. The van der Waals surface area contributed by atoms with Crippen LogP contribution in [-0.4, -0.2) is 9.13 Å². The molecular formula is C50H34N2. The number of nitrogens with zero attached hydrogens (tertiary/aromatic N) is 2. The van der Waals surface area contributed by atoms with E-state index in [0.717, 1.165) is 11.4 Å². The van der Waals surface area contributed by atoms with Gasteiger partial charge in [-0.15, -0.1) is 0 Å². The SMILES string of the molecule is C(=C\c1ccccc1-c1ccc(-n2c3ccccc3c3ccccc32)cc1)/c1ccccc1-c1ccc(-n2c3ccccc3c3ccccc32)cc1. The van der Waals surface area contributed by atoms with Gasteiger partial charge in [-0.05, 0) is 81.9 Å². The predicted molar refractivity (Wildman–Crippen MR) is 221 cm³/mol. The van der Waals surface area contributed by atoms with Gasteiger partial charge in [-0.2, -0.15) is 0 Å². The van der Waals surface area contributed by atoms with Gasteiger partial charge in [0, 0.05) is 32.9 Å². The van der Waals surface area contributed by atoms with Crippen molar-refractivity contribution in [2.45, 2.75) is 0 Å². The maximum absolute atomic E-state index is 2.37. The highest BCUT2D eigenvalue weighted by molar-refractivity contribution is 6.10. The van der Waals surface area contributed by atoms with Gasteiger partial charge in [-0.25, -0.2) is 0 Å². The summed E-state index contributed by atoms with van der Waals surface area (Å²) in [5.74, 6) is 0. The average Bonchev–Trinajstić information content (AvgIpc) is 3.74. The lowest BCUT2D eigenvalue weighted by Gasteiger charge is -2.12. The molecule has 2 heterocycles. The monoisotopic (exact) mass is 662 g/mol. The van der Waals surface area contributed by atoms with Crippen molar-refractivity contribution in [3.63, 3.8) is 0 Å². The number of hydrogen-bond donors (Lipinski definition) is 0. The Morgan fingerprint density at radius 2 is 0.558 bits per heavy atom. The molecule has 0 aliphatic carbocycles. The second-order valence-electron chi connectivity index (χ2n) is 13.3. The van der Waals surface area contributed by atoms with Gasteiger partial charge in [0.1, 0.15) is 0 Å². The Labute approximate surface area is 302 Å². The summed E-state index contributed by atoms with van der Waals surface area (Å²) in [6.45, 7) is 0. The van der Waals surface area contributed by atoms with Crippen LogP contribution in [0.15, 0.2) is 194 Å². The van der Waals surface area contributed by atoms with Crippen molar-refractivity contribution in [1.29, 1.82) is 0 Å². The summed E-state index contributed by atoms with van der Waals surface area (Å²) in [5.41, 5.74) is 14.4. The summed E-state index contributed by atoms with van der Waals surface area (Å²) in [5, 5.41) is 5.10. The van der Waals surface area contributed by atoms with Gasteiger partial charge in [0.25, 0.3) is 0 Å². The van der Waals surface area contributed by atoms with Gasteiger partial charge in [0.05, 0.1) is 22.1 Å². The molecule has 0 amide bonds. The lowest BCUT2D eigenvalue weighted by molar-refractivity contribution is 1.18. The Kier molecular flexibility index (Phi) is 7.18. The number of benzene rings is 8. The molecule has 0 spiro atoms. The van der Waals surface area contributed by atoms with Crippen LogP contribution < -0.4 is 0 Å². The van der Waals surface area contributed by atoms with E-state index in [9.17, 15) is 0 Å². The van der Waals surface area contributed by atoms with E-state index < -0.39 is 0 Å². The molecular weight excluding hydrogens is 629 g/mol. The third-order valence-electron chi connectivity index (χ3n) is 10.4. The average molecular weight is 663 g/mol. The van der Waals surface area contributed by atoms with Gasteiger partial charge in [-0.3, -0.25) is 0 Å². The number of hydrogen-bond acceptors (Lipinski definition) is 0. The van der Waals surface area contributed by atoms with Crippen LogP contribution in [0.2, 0.25) is 0 Å². The van der Waals surface area contributed by atoms with Gasteiger partial charge in [-0.1, -0.05) is 158 Å². The first-order chi connectivity index (χ1) is 25.8. The van der Waals surface area contributed by atoms with Crippen LogP contribution in [0, 0.1) is 0 Å². The van der Waals surface area contributed by atoms with Crippen molar-refractivity contribution < 1.29 is 0 Å². The third kappa shape index (κ3) is 4.96. The lowest BCUT2D eigenvalue weighted by atomic mass is 9.96. The summed E-state index contributed by atoms with van der Waals surface area (Å²) in [4.78, 5) is 0. The molecule has 10 rings (SSSR count). The van der Waals surface area contributed by atoms with Crippen molar-refractivity contribution in [2.24, 2.45) is 0 Å². The van der Waals surface area contributed by atoms with E-state index in [-0.39, 0.29) is 0 Å². The van der Waals surface area contributed by atoms with Crippen molar-refractivity contribution in [3.8, 4) is 33.6 Å². The summed E-state index contributed by atoms with van der Waals surface area (Å²) in [7, 11) is 0. The van der Waals surface area contributed by atoms with E-state index in [1.54, 1.807) is 0 Å². The normalized spacial score (nSPS) is 11.8. The molecule has 0 unspecified atom stereocenters. The Morgan fingerprint density at radius 1 is 0.269 bits per heavy atom. The van der Waals surface area contributed by atoms with E-state index >= 15 is 0 Å². The van der Waals surface area contributed by atoms with Crippen LogP contribution in [-0.2, 0) is 0 Å². The van der Waals surface area contributed by atoms with Crippen molar-refractivity contribution in [1.82, 2.24) is 9.13 Å². The Hall–Kier alpha value is -6.90. The van der Waals surface area contributed by atoms with Crippen LogP contribution in [0.25, 0.3) is 89.4 Å². The predicted octanol–water partition coefficient (Wildman–Crippen LogP) is 13.4. The first-order valence-corrected chi connectivity index (χ1v) is 17.9. The van der Waals surface area contributed by atoms with E-state index in [0.29, 0.717) is 0 Å². The van der Waals surface area contributed by atoms with Crippen molar-refractivity contribution in [2.75, 3.05) is 0 Å². The molecule has 2 nitrogen and oxygen atoms in total. The number of fused-ring (bicyclic) bond motifs is 6. The molecule has 10 aromatic rings. The van der Waals surface area contributed by atoms with E-state index in [4.69, 9.17) is 0 Å². The molecule has 0 bridgehead atoms. The molecule has 52 heavy (non-hydrogen) atoms. The van der Waals surface area contributed by atoms with Gasteiger partial charge in [0.15, 0.2) is 0 Å². The molecule has 0 fully saturated rings. The molecule has 0 radical (unpaired) electrons. The van der Waals surface area contributed by atoms with Crippen LogP contribution in [0.1, 0.15) is 11.1 Å². The minimum atomic E-state index is 1.16. The van der Waals surface area contributed by atoms with Crippen LogP contribution in [0.4, 0.5) is 0 Å². The van der Waals surface area contributed by atoms with Gasteiger partial charge >= 0.3 is 0 Å². The fourth-order valence-electron chi connectivity index (χ4n) is 7.97. The number of para-hydroxylation sites is 4. The van der Waals surface area contributed by atoms with Crippen molar-refractivity contribution in [3.05, 3.63) is 205 Å². The maximum atomic E-state index is 2.37. The van der Waals surface area contributed by atoms with E-state index in [1.807, 2.05) is 0 Å². The molecule has 244 valence electrons. The highest BCUT2D eigenvalue weighted by Gasteiger charge is 2.14. The minimum Gasteiger partial charge on any atom is -0.309 e. The molecule has 0 saturated heterocycles. The second-order valence-corrected chi connectivity index (χ2v) is 13.3. The highest BCUT2D eigenvalue weighted by Crippen LogP contribution is 2.35. The Bertz CT molecular complexity index is 2630. The fraction of sp³-hybridized carbons (Fsp3) is 0. The van der Waals surface area contributed by atoms with Crippen LogP contribution >= 0.6 is 0 Å². The lowest BCUT2D eigenvalue weighted by Crippen LogP contribution is -1.94. The summed E-state index contributed by atoms with van der Waals surface area (Å²) >= 11 is 0. The zero-order valence-electron chi connectivity index (χ0n) is 28.5. The highest BCUT2D eigenvalue weighted by atomic mass is 15.0. The fourth-order valence-corrected chi connectivity index (χ4v) is 7.97. The maximum Gasteiger partial charge on any atom is 0.0541 e. The van der Waals surface area contributed by atoms with Crippen LogP contribution in [0.3, 0.4) is 0 Å². The Balaban J connectivity index is 0.972. The topological polar surface area (TPSA) is 9.86 Å². The number of aromatic nitrogens is 2. The minimum absolute atomic E-state index is 1.16. The van der Waals surface area contributed by atoms with Crippen molar-refractivity contribution >= 4 is 55.8 Å². The van der Waals surface area contributed by atoms with Gasteiger partial charge in [0.2, 0.25) is 0 Å². The molecule has 0 atom stereocenters.